The Morgan fingerprint density at radius 1 is 0.488 bits per heavy atom. The zero-order valence-electron chi connectivity index (χ0n) is 23.4. The molecule has 0 unspecified atom stereocenters. The van der Waals surface area contributed by atoms with Crippen molar-refractivity contribution in [3.8, 4) is 22.3 Å². The molecule has 0 saturated heterocycles. The Balaban J connectivity index is 1.37. The van der Waals surface area contributed by atoms with Gasteiger partial charge < -0.3 is 9.13 Å². The monoisotopic (exact) mass is 532 g/mol. The predicted molar refractivity (Wildman–Crippen MR) is 170 cm³/mol. The number of rotatable bonds is 1. The molecule has 1 aliphatic rings. The van der Waals surface area contributed by atoms with Crippen LogP contribution in [0.3, 0.4) is 0 Å². The second-order valence-corrected chi connectivity index (χ2v) is 11.8. The third kappa shape index (κ3) is 3.10. The van der Waals surface area contributed by atoms with Gasteiger partial charge >= 0.3 is 0 Å². The SMILES string of the molecule is Cn1c2ccccc2c(=O)c2cc3c(cc21)c(=O)c1cc(-c2ccc4c(c2)C(C)(C)c2ccccc2-4)ccc1n3C. The Morgan fingerprint density at radius 3 is 1.78 bits per heavy atom. The molecule has 4 nitrogen and oxygen atoms in total. The van der Waals surface area contributed by atoms with Crippen molar-refractivity contribution in [1.29, 1.82) is 0 Å². The number of hydrogen-bond donors (Lipinski definition) is 0. The summed E-state index contributed by atoms with van der Waals surface area (Å²) in [5.41, 5.74) is 10.4. The highest BCUT2D eigenvalue weighted by atomic mass is 16.1. The van der Waals surface area contributed by atoms with E-state index in [0.29, 0.717) is 21.5 Å². The summed E-state index contributed by atoms with van der Waals surface area (Å²) in [4.78, 5) is 27.5. The van der Waals surface area contributed by atoms with Gasteiger partial charge in [-0.2, -0.15) is 0 Å². The van der Waals surface area contributed by atoms with Gasteiger partial charge in [0.25, 0.3) is 0 Å². The van der Waals surface area contributed by atoms with Crippen molar-refractivity contribution in [2.75, 3.05) is 0 Å². The quantitative estimate of drug-likeness (QED) is 0.204. The number of hydrogen-bond acceptors (Lipinski definition) is 2. The summed E-state index contributed by atoms with van der Waals surface area (Å²) >= 11 is 0. The minimum atomic E-state index is -0.0910. The van der Waals surface area contributed by atoms with E-state index < -0.39 is 0 Å². The Labute approximate surface area is 236 Å². The molecule has 198 valence electrons. The zero-order valence-corrected chi connectivity index (χ0v) is 23.4. The molecule has 0 aliphatic heterocycles. The van der Waals surface area contributed by atoms with E-state index in [-0.39, 0.29) is 16.3 Å². The first-order valence-corrected chi connectivity index (χ1v) is 14.0. The number of pyridine rings is 2. The van der Waals surface area contributed by atoms with Crippen molar-refractivity contribution < 1.29 is 0 Å². The Bertz CT molecular complexity index is 2410. The second kappa shape index (κ2) is 8.05. The highest BCUT2D eigenvalue weighted by molar-refractivity contribution is 6.04. The van der Waals surface area contributed by atoms with Gasteiger partial charge in [0, 0.05) is 41.1 Å². The lowest BCUT2D eigenvalue weighted by Gasteiger charge is -2.22. The Morgan fingerprint density at radius 2 is 1.02 bits per heavy atom. The number of para-hydroxylation sites is 1. The maximum atomic E-state index is 14.1. The fraction of sp³-hybridized carbons (Fsp3) is 0.135. The van der Waals surface area contributed by atoms with Crippen molar-refractivity contribution in [2.24, 2.45) is 14.1 Å². The van der Waals surface area contributed by atoms with Crippen molar-refractivity contribution in [3.63, 3.8) is 0 Å². The minimum Gasteiger partial charge on any atom is -0.343 e. The maximum Gasteiger partial charge on any atom is 0.197 e. The maximum absolute atomic E-state index is 14.1. The number of aromatic nitrogens is 2. The summed E-state index contributed by atoms with van der Waals surface area (Å²) in [6.07, 6.45) is 0. The van der Waals surface area contributed by atoms with E-state index in [1.165, 1.54) is 22.3 Å². The molecule has 0 N–H and O–H groups in total. The molecule has 41 heavy (non-hydrogen) atoms. The van der Waals surface area contributed by atoms with Gasteiger partial charge in [-0.1, -0.05) is 68.4 Å². The van der Waals surface area contributed by atoms with Crippen LogP contribution in [0.1, 0.15) is 25.0 Å². The molecule has 0 bridgehead atoms. The molecule has 0 saturated carbocycles. The lowest BCUT2D eigenvalue weighted by Crippen LogP contribution is -2.15. The molecule has 0 spiro atoms. The summed E-state index contributed by atoms with van der Waals surface area (Å²) < 4.78 is 4.04. The summed E-state index contributed by atoms with van der Waals surface area (Å²) in [5, 5.41) is 2.58. The van der Waals surface area contributed by atoms with Gasteiger partial charge in [-0.15, -0.1) is 0 Å². The van der Waals surface area contributed by atoms with Crippen molar-refractivity contribution in [2.45, 2.75) is 19.3 Å². The van der Waals surface area contributed by atoms with Crippen LogP contribution in [0.2, 0.25) is 0 Å². The van der Waals surface area contributed by atoms with Crippen LogP contribution in [-0.2, 0) is 19.5 Å². The van der Waals surface area contributed by atoms with E-state index >= 15 is 0 Å². The average molecular weight is 533 g/mol. The van der Waals surface area contributed by atoms with Crippen LogP contribution in [0.5, 0.6) is 0 Å². The first kappa shape index (κ1) is 23.9. The standard InChI is InChI=1S/C37H28N2O2/c1-37(2)29-11-7-5-9-23(29)24-15-13-22(18-30(24)37)21-14-16-32-26(17-21)36(41)28-20-33-27(19-34(28)39(32)4)35(40)25-10-6-8-12-31(25)38(33)3/h5-20H,1-4H3. The molecule has 7 aromatic rings. The predicted octanol–water partition coefficient (Wildman–Crippen LogP) is 7.67. The lowest BCUT2D eigenvalue weighted by atomic mass is 9.81. The van der Waals surface area contributed by atoms with Crippen LogP contribution in [0, 0.1) is 0 Å². The average Bonchev–Trinajstić information content (AvgIpc) is 3.23. The molecule has 4 heteroatoms. The number of nitrogens with zero attached hydrogens (tertiary/aromatic N) is 2. The molecule has 0 atom stereocenters. The van der Waals surface area contributed by atoms with E-state index in [4.69, 9.17) is 0 Å². The molecular weight excluding hydrogens is 504 g/mol. The number of benzene rings is 5. The smallest absolute Gasteiger partial charge is 0.197 e. The number of fused-ring (bicyclic) bond motifs is 7. The normalized spacial score (nSPS) is 13.8. The molecule has 0 radical (unpaired) electrons. The Hall–Kier alpha value is -4.96. The van der Waals surface area contributed by atoms with Gasteiger partial charge in [0.05, 0.1) is 22.1 Å². The van der Waals surface area contributed by atoms with Crippen LogP contribution in [0.25, 0.3) is 65.9 Å². The van der Waals surface area contributed by atoms with Crippen LogP contribution in [0.15, 0.2) is 107 Å². The summed E-state index contributed by atoms with van der Waals surface area (Å²) in [6, 6.07) is 32.9. The molecule has 5 aromatic carbocycles. The third-order valence-corrected chi connectivity index (χ3v) is 9.36. The highest BCUT2D eigenvalue weighted by Crippen LogP contribution is 2.49. The van der Waals surface area contributed by atoms with Crippen LogP contribution >= 0.6 is 0 Å². The molecule has 8 rings (SSSR count). The van der Waals surface area contributed by atoms with E-state index in [2.05, 4.69) is 62.4 Å². The van der Waals surface area contributed by atoms with Crippen LogP contribution in [-0.4, -0.2) is 9.13 Å². The van der Waals surface area contributed by atoms with Gasteiger partial charge in [-0.3, -0.25) is 9.59 Å². The van der Waals surface area contributed by atoms with Gasteiger partial charge in [-0.05, 0) is 75.8 Å². The molecule has 0 amide bonds. The van der Waals surface area contributed by atoms with Crippen molar-refractivity contribution in [3.05, 3.63) is 129 Å². The lowest BCUT2D eigenvalue weighted by molar-refractivity contribution is 0.660. The first-order valence-electron chi connectivity index (χ1n) is 14.0. The largest absolute Gasteiger partial charge is 0.343 e. The fourth-order valence-electron chi connectivity index (χ4n) is 7.08. The molecule has 0 fully saturated rings. The van der Waals surface area contributed by atoms with Gasteiger partial charge in [-0.25, -0.2) is 0 Å². The van der Waals surface area contributed by atoms with E-state index in [0.717, 1.165) is 33.2 Å². The van der Waals surface area contributed by atoms with Gasteiger partial charge in [0.2, 0.25) is 0 Å². The van der Waals surface area contributed by atoms with Gasteiger partial charge in [0.1, 0.15) is 0 Å². The molecule has 2 aromatic heterocycles. The van der Waals surface area contributed by atoms with Crippen molar-refractivity contribution in [1.82, 2.24) is 9.13 Å². The van der Waals surface area contributed by atoms with Crippen LogP contribution in [0.4, 0.5) is 0 Å². The summed E-state index contributed by atoms with van der Waals surface area (Å²) in [6.45, 7) is 4.56. The minimum absolute atomic E-state index is 0.0137. The summed E-state index contributed by atoms with van der Waals surface area (Å²) in [5.74, 6) is 0. The molecule has 2 heterocycles. The fourth-order valence-corrected chi connectivity index (χ4v) is 7.08. The molecule has 1 aliphatic carbocycles. The van der Waals surface area contributed by atoms with E-state index in [1.807, 2.05) is 71.8 Å². The number of aryl methyl sites for hydroxylation is 2. The highest BCUT2D eigenvalue weighted by Gasteiger charge is 2.35. The Kier molecular flexibility index (Phi) is 4.69. The second-order valence-electron chi connectivity index (χ2n) is 11.8. The third-order valence-electron chi connectivity index (χ3n) is 9.36. The topological polar surface area (TPSA) is 44.0 Å². The van der Waals surface area contributed by atoms with Gasteiger partial charge in [0.15, 0.2) is 10.9 Å². The van der Waals surface area contributed by atoms with E-state index in [9.17, 15) is 9.59 Å². The first-order chi connectivity index (χ1) is 19.8. The van der Waals surface area contributed by atoms with Crippen LogP contribution < -0.4 is 10.9 Å². The zero-order chi connectivity index (χ0) is 28.2. The van der Waals surface area contributed by atoms with E-state index in [1.54, 1.807) is 0 Å². The molecular formula is C37H28N2O2. The van der Waals surface area contributed by atoms with Crippen molar-refractivity contribution >= 4 is 43.6 Å². The summed E-state index contributed by atoms with van der Waals surface area (Å²) in [7, 11) is 3.92.